The van der Waals surface area contributed by atoms with Crippen molar-refractivity contribution in [3.63, 3.8) is 0 Å². The van der Waals surface area contributed by atoms with Crippen LogP contribution in [0.1, 0.15) is 29.7 Å². The molecule has 0 bridgehead atoms. The van der Waals surface area contributed by atoms with E-state index in [0.29, 0.717) is 31.1 Å². The first-order valence-electron chi connectivity index (χ1n) is 7.43. The maximum absolute atomic E-state index is 12.3. The monoisotopic (exact) mass is 330 g/mol. The summed E-state index contributed by atoms with van der Waals surface area (Å²) in [6.07, 6.45) is 4.90. The molecule has 3 aromatic heterocycles. The SMILES string of the molecule is Cc1noc(CCNC(=O)CC(c2ccsc2)n2cccc2)n1. The molecule has 1 unspecified atom stereocenters. The molecule has 0 aliphatic rings. The van der Waals surface area contributed by atoms with Gasteiger partial charge in [-0.15, -0.1) is 0 Å². The average molecular weight is 330 g/mol. The first-order valence-corrected chi connectivity index (χ1v) is 8.37. The highest BCUT2D eigenvalue weighted by atomic mass is 32.1. The van der Waals surface area contributed by atoms with Gasteiger partial charge in [0, 0.05) is 25.4 Å². The lowest BCUT2D eigenvalue weighted by Crippen LogP contribution is -2.28. The summed E-state index contributed by atoms with van der Waals surface area (Å²) < 4.78 is 7.09. The molecule has 1 amide bonds. The van der Waals surface area contributed by atoms with Crippen LogP contribution >= 0.6 is 11.3 Å². The molecule has 120 valence electrons. The Bertz CT molecular complexity index is 700. The van der Waals surface area contributed by atoms with E-state index >= 15 is 0 Å². The van der Waals surface area contributed by atoms with E-state index in [0.717, 1.165) is 5.56 Å². The highest BCUT2D eigenvalue weighted by molar-refractivity contribution is 7.07. The van der Waals surface area contributed by atoms with Crippen molar-refractivity contribution in [1.82, 2.24) is 20.0 Å². The van der Waals surface area contributed by atoms with Gasteiger partial charge < -0.3 is 14.4 Å². The van der Waals surface area contributed by atoms with Gasteiger partial charge >= 0.3 is 0 Å². The summed E-state index contributed by atoms with van der Waals surface area (Å²) in [7, 11) is 0. The van der Waals surface area contributed by atoms with E-state index in [-0.39, 0.29) is 11.9 Å². The molecule has 0 aliphatic carbocycles. The van der Waals surface area contributed by atoms with E-state index < -0.39 is 0 Å². The molecule has 0 aliphatic heterocycles. The molecule has 3 rings (SSSR count). The van der Waals surface area contributed by atoms with E-state index in [2.05, 4.69) is 31.5 Å². The molecule has 3 heterocycles. The Hall–Kier alpha value is -2.41. The number of hydrogen-bond donors (Lipinski definition) is 1. The van der Waals surface area contributed by atoms with Crippen LogP contribution in [0, 0.1) is 6.92 Å². The Kier molecular flexibility index (Phi) is 4.87. The lowest BCUT2D eigenvalue weighted by Gasteiger charge is -2.17. The Balaban J connectivity index is 1.56. The van der Waals surface area contributed by atoms with Gasteiger partial charge in [-0.1, -0.05) is 5.16 Å². The molecule has 7 heteroatoms. The number of aryl methyl sites for hydroxylation is 1. The van der Waals surface area contributed by atoms with Crippen LogP contribution in [0.2, 0.25) is 0 Å². The molecule has 1 atom stereocenters. The van der Waals surface area contributed by atoms with Gasteiger partial charge in [0.1, 0.15) is 0 Å². The van der Waals surface area contributed by atoms with E-state index in [1.54, 1.807) is 18.3 Å². The molecular weight excluding hydrogens is 312 g/mol. The van der Waals surface area contributed by atoms with Gasteiger partial charge in [-0.05, 0) is 41.4 Å². The maximum Gasteiger partial charge on any atom is 0.228 e. The number of nitrogens with zero attached hydrogens (tertiary/aromatic N) is 3. The summed E-state index contributed by atoms with van der Waals surface area (Å²) in [5.74, 6) is 1.16. The third-order valence-electron chi connectivity index (χ3n) is 3.52. The summed E-state index contributed by atoms with van der Waals surface area (Å²) >= 11 is 1.64. The Morgan fingerprint density at radius 1 is 1.43 bits per heavy atom. The first kappa shape index (κ1) is 15.5. The molecule has 0 radical (unpaired) electrons. The second kappa shape index (κ2) is 7.23. The van der Waals surface area contributed by atoms with Crippen molar-refractivity contribution in [2.45, 2.75) is 25.8 Å². The quantitative estimate of drug-likeness (QED) is 0.722. The predicted octanol–water partition coefficient (Wildman–Crippen LogP) is 2.58. The van der Waals surface area contributed by atoms with Crippen molar-refractivity contribution in [3.05, 3.63) is 58.6 Å². The number of thiophene rings is 1. The zero-order valence-electron chi connectivity index (χ0n) is 12.8. The largest absolute Gasteiger partial charge is 0.356 e. The van der Waals surface area contributed by atoms with Crippen molar-refractivity contribution in [2.24, 2.45) is 0 Å². The number of amides is 1. The highest BCUT2D eigenvalue weighted by Crippen LogP contribution is 2.24. The van der Waals surface area contributed by atoms with Gasteiger partial charge in [-0.25, -0.2) is 0 Å². The van der Waals surface area contributed by atoms with Crippen LogP contribution in [0.15, 0.2) is 45.9 Å². The topological polar surface area (TPSA) is 73.0 Å². The summed E-state index contributed by atoms with van der Waals surface area (Å²) in [6, 6.07) is 6.01. The number of carbonyl (C=O) groups is 1. The molecule has 1 N–H and O–H groups in total. The van der Waals surface area contributed by atoms with E-state index in [9.17, 15) is 4.79 Å². The summed E-state index contributed by atoms with van der Waals surface area (Å²) in [5.41, 5.74) is 1.15. The van der Waals surface area contributed by atoms with Crippen LogP contribution in [0.3, 0.4) is 0 Å². The maximum atomic E-state index is 12.3. The molecule has 3 aromatic rings. The fourth-order valence-electron chi connectivity index (χ4n) is 2.41. The fourth-order valence-corrected chi connectivity index (χ4v) is 3.12. The smallest absolute Gasteiger partial charge is 0.228 e. The molecule has 23 heavy (non-hydrogen) atoms. The minimum Gasteiger partial charge on any atom is -0.356 e. The zero-order chi connectivity index (χ0) is 16.1. The zero-order valence-corrected chi connectivity index (χ0v) is 13.6. The highest BCUT2D eigenvalue weighted by Gasteiger charge is 2.17. The standard InChI is InChI=1S/C16H18N4O2S/c1-12-18-16(22-19-12)4-6-17-15(21)10-14(13-5-9-23-11-13)20-7-2-3-8-20/h2-3,5,7-9,11,14H,4,6,10H2,1H3,(H,17,21). The van der Waals surface area contributed by atoms with E-state index in [1.165, 1.54) is 0 Å². The van der Waals surface area contributed by atoms with E-state index in [1.807, 2.05) is 29.9 Å². The third kappa shape index (κ3) is 4.07. The van der Waals surface area contributed by atoms with Crippen LogP contribution in [-0.2, 0) is 11.2 Å². The van der Waals surface area contributed by atoms with Crippen LogP contribution < -0.4 is 5.32 Å². The molecule has 0 saturated heterocycles. The first-order chi connectivity index (χ1) is 11.2. The van der Waals surface area contributed by atoms with Gasteiger partial charge in [0.15, 0.2) is 5.82 Å². The van der Waals surface area contributed by atoms with Crippen molar-refractivity contribution in [1.29, 1.82) is 0 Å². The van der Waals surface area contributed by atoms with Crippen molar-refractivity contribution in [2.75, 3.05) is 6.54 Å². The second-order valence-corrected chi connectivity index (χ2v) is 6.02. The predicted molar refractivity (Wildman–Crippen MR) is 87.3 cm³/mol. The molecule has 0 spiro atoms. The van der Waals surface area contributed by atoms with Gasteiger partial charge in [-0.2, -0.15) is 16.3 Å². The summed E-state index contributed by atoms with van der Waals surface area (Å²) in [6.45, 7) is 2.26. The minimum absolute atomic E-state index is 0.00568. The van der Waals surface area contributed by atoms with Crippen LogP contribution in [0.4, 0.5) is 0 Å². The number of carbonyl (C=O) groups excluding carboxylic acids is 1. The van der Waals surface area contributed by atoms with Gasteiger partial charge in [0.2, 0.25) is 11.8 Å². The Labute approximate surface area is 138 Å². The number of hydrogen-bond acceptors (Lipinski definition) is 5. The van der Waals surface area contributed by atoms with Crippen molar-refractivity contribution >= 4 is 17.2 Å². The normalized spacial score (nSPS) is 12.2. The van der Waals surface area contributed by atoms with Gasteiger partial charge in [0.25, 0.3) is 0 Å². The fraction of sp³-hybridized carbons (Fsp3) is 0.312. The van der Waals surface area contributed by atoms with Crippen molar-refractivity contribution < 1.29 is 9.32 Å². The van der Waals surface area contributed by atoms with Gasteiger partial charge in [-0.3, -0.25) is 4.79 Å². The number of aromatic nitrogens is 3. The van der Waals surface area contributed by atoms with Crippen LogP contribution in [0.25, 0.3) is 0 Å². The van der Waals surface area contributed by atoms with Crippen LogP contribution in [-0.4, -0.2) is 27.2 Å². The molecule has 6 nitrogen and oxygen atoms in total. The number of rotatable bonds is 7. The van der Waals surface area contributed by atoms with Gasteiger partial charge in [0.05, 0.1) is 12.5 Å². The molecule has 0 fully saturated rings. The Morgan fingerprint density at radius 3 is 2.91 bits per heavy atom. The number of nitrogens with one attached hydrogen (secondary N) is 1. The van der Waals surface area contributed by atoms with Crippen LogP contribution in [0.5, 0.6) is 0 Å². The van der Waals surface area contributed by atoms with E-state index in [4.69, 9.17) is 4.52 Å². The minimum atomic E-state index is 0.00568. The molecular formula is C16H18N4O2S. The Morgan fingerprint density at radius 2 is 2.26 bits per heavy atom. The third-order valence-corrected chi connectivity index (χ3v) is 4.23. The van der Waals surface area contributed by atoms with Crippen molar-refractivity contribution in [3.8, 4) is 0 Å². The second-order valence-electron chi connectivity index (χ2n) is 5.24. The average Bonchev–Trinajstić information content (AvgIpc) is 3.28. The summed E-state index contributed by atoms with van der Waals surface area (Å²) in [4.78, 5) is 16.4. The molecule has 0 saturated carbocycles. The summed E-state index contributed by atoms with van der Waals surface area (Å²) in [5, 5.41) is 10.8. The lowest BCUT2D eigenvalue weighted by atomic mass is 10.1. The lowest BCUT2D eigenvalue weighted by molar-refractivity contribution is -0.121. The molecule has 0 aromatic carbocycles.